The number of nitrogens with one attached hydrogen (secondary N) is 1. The molecule has 6 nitrogen and oxygen atoms in total. The molecule has 1 aliphatic heterocycles. The second-order valence-corrected chi connectivity index (χ2v) is 2.99. The van der Waals surface area contributed by atoms with Gasteiger partial charge in [0.05, 0.1) is 13.7 Å². The fourth-order valence-corrected chi connectivity index (χ4v) is 1.38. The molecule has 0 bridgehead atoms. The fraction of sp³-hybridized carbons (Fsp3) is 0.375. The van der Waals surface area contributed by atoms with Gasteiger partial charge in [-0.05, 0) is 0 Å². The van der Waals surface area contributed by atoms with E-state index in [-0.39, 0.29) is 5.91 Å². The molecule has 74 valence electrons. The Morgan fingerprint density at radius 3 is 3.07 bits per heavy atom. The van der Waals surface area contributed by atoms with Crippen molar-refractivity contribution in [1.29, 1.82) is 0 Å². The molecule has 0 unspecified atom stereocenters. The minimum Gasteiger partial charge on any atom is -0.479 e. The maximum atomic E-state index is 11.2. The van der Waals surface area contributed by atoms with Crippen LogP contribution in [0.15, 0.2) is 6.33 Å². The third-order valence-electron chi connectivity index (χ3n) is 1.99. The van der Waals surface area contributed by atoms with E-state index in [9.17, 15) is 4.79 Å². The highest BCUT2D eigenvalue weighted by atomic mass is 16.5. The van der Waals surface area contributed by atoms with Crippen molar-refractivity contribution in [3.05, 3.63) is 6.33 Å². The van der Waals surface area contributed by atoms with Gasteiger partial charge in [-0.3, -0.25) is 4.79 Å². The first-order valence-electron chi connectivity index (χ1n) is 4.12. The van der Waals surface area contributed by atoms with Crippen molar-refractivity contribution in [3.63, 3.8) is 0 Å². The molecule has 0 aliphatic carbocycles. The molecule has 2 rings (SSSR count). The number of anilines is 2. The average molecular weight is 194 g/mol. The summed E-state index contributed by atoms with van der Waals surface area (Å²) in [6.45, 7) is 0.299. The van der Waals surface area contributed by atoms with Crippen LogP contribution in [0.25, 0.3) is 0 Å². The summed E-state index contributed by atoms with van der Waals surface area (Å²) in [6.07, 6.45) is 1.41. The Morgan fingerprint density at radius 1 is 1.57 bits per heavy atom. The van der Waals surface area contributed by atoms with E-state index in [2.05, 4.69) is 15.3 Å². The van der Waals surface area contributed by atoms with E-state index in [0.29, 0.717) is 23.9 Å². The van der Waals surface area contributed by atoms with Crippen molar-refractivity contribution in [1.82, 2.24) is 9.97 Å². The number of fused-ring (bicyclic) bond motifs is 1. The summed E-state index contributed by atoms with van der Waals surface area (Å²) in [6, 6.07) is 0. The Kier molecular flexibility index (Phi) is 1.95. The molecule has 0 saturated carbocycles. The maximum Gasteiger partial charge on any atom is 0.244 e. The SMILES string of the molecule is COc1ncnc2c1NC(=O)CN2C. The number of aromatic nitrogens is 2. The number of hydrogen-bond acceptors (Lipinski definition) is 5. The first kappa shape index (κ1) is 8.74. The minimum absolute atomic E-state index is 0.0897. The van der Waals surface area contributed by atoms with Crippen LogP contribution < -0.4 is 15.0 Å². The van der Waals surface area contributed by atoms with Gasteiger partial charge in [-0.2, -0.15) is 4.98 Å². The standard InChI is InChI=1S/C8H10N4O2/c1-12-3-5(13)11-6-7(12)9-4-10-8(6)14-2/h4H,3H2,1-2H3,(H,11,13). The maximum absolute atomic E-state index is 11.2. The van der Waals surface area contributed by atoms with Gasteiger partial charge in [0.2, 0.25) is 11.8 Å². The van der Waals surface area contributed by atoms with E-state index in [1.807, 2.05) is 0 Å². The normalized spacial score (nSPS) is 14.7. The highest BCUT2D eigenvalue weighted by Gasteiger charge is 2.24. The Bertz CT molecular complexity index is 380. The number of nitrogens with zero attached hydrogens (tertiary/aromatic N) is 3. The largest absolute Gasteiger partial charge is 0.479 e. The number of rotatable bonds is 1. The molecule has 6 heteroatoms. The Morgan fingerprint density at radius 2 is 2.36 bits per heavy atom. The van der Waals surface area contributed by atoms with Crippen LogP contribution in [0, 0.1) is 0 Å². The van der Waals surface area contributed by atoms with Gasteiger partial charge in [-0.15, -0.1) is 0 Å². The highest BCUT2D eigenvalue weighted by molar-refractivity contribution is 6.01. The molecule has 1 amide bonds. The number of carbonyl (C=O) groups is 1. The lowest BCUT2D eigenvalue weighted by Crippen LogP contribution is -2.36. The van der Waals surface area contributed by atoms with Crippen LogP contribution in [-0.2, 0) is 4.79 Å². The zero-order chi connectivity index (χ0) is 10.1. The summed E-state index contributed by atoms with van der Waals surface area (Å²) in [5, 5.41) is 2.68. The van der Waals surface area contributed by atoms with Gasteiger partial charge in [0.25, 0.3) is 0 Å². The molecule has 0 saturated heterocycles. The van der Waals surface area contributed by atoms with Gasteiger partial charge in [-0.25, -0.2) is 4.98 Å². The molecule has 1 aromatic rings. The van der Waals surface area contributed by atoms with Crippen molar-refractivity contribution < 1.29 is 9.53 Å². The quantitative estimate of drug-likeness (QED) is 0.674. The molecule has 1 N–H and O–H groups in total. The van der Waals surface area contributed by atoms with Gasteiger partial charge < -0.3 is 15.0 Å². The Labute approximate surface area is 80.9 Å². The number of likely N-dealkylation sites (N-methyl/N-ethyl adjacent to an activating group) is 1. The van der Waals surface area contributed by atoms with Crippen molar-refractivity contribution in [3.8, 4) is 5.88 Å². The predicted molar refractivity (Wildman–Crippen MR) is 50.5 cm³/mol. The molecular weight excluding hydrogens is 184 g/mol. The average Bonchev–Trinajstić information content (AvgIpc) is 2.17. The van der Waals surface area contributed by atoms with Crippen LogP contribution in [0.3, 0.4) is 0 Å². The van der Waals surface area contributed by atoms with E-state index in [4.69, 9.17) is 4.74 Å². The van der Waals surface area contributed by atoms with Gasteiger partial charge in [0, 0.05) is 7.05 Å². The van der Waals surface area contributed by atoms with Crippen molar-refractivity contribution >= 4 is 17.4 Å². The van der Waals surface area contributed by atoms with Crippen LogP contribution in [0.5, 0.6) is 5.88 Å². The van der Waals surface area contributed by atoms with Gasteiger partial charge in [-0.1, -0.05) is 0 Å². The molecule has 0 atom stereocenters. The van der Waals surface area contributed by atoms with E-state index < -0.39 is 0 Å². The molecule has 1 aliphatic rings. The van der Waals surface area contributed by atoms with Crippen LogP contribution in [0.2, 0.25) is 0 Å². The summed E-state index contributed by atoms with van der Waals surface area (Å²) < 4.78 is 5.02. The second-order valence-electron chi connectivity index (χ2n) is 2.99. The molecule has 0 radical (unpaired) electrons. The summed E-state index contributed by atoms with van der Waals surface area (Å²) in [5.74, 6) is 0.972. The first-order chi connectivity index (χ1) is 6.72. The number of amides is 1. The molecule has 14 heavy (non-hydrogen) atoms. The molecule has 1 aromatic heterocycles. The van der Waals surface area contributed by atoms with Gasteiger partial charge >= 0.3 is 0 Å². The van der Waals surface area contributed by atoms with E-state index in [0.717, 1.165) is 0 Å². The third kappa shape index (κ3) is 1.24. The monoisotopic (exact) mass is 194 g/mol. The summed E-state index contributed by atoms with van der Waals surface area (Å²) in [7, 11) is 3.30. The number of carbonyl (C=O) groups excluding carboxylic acids is 1. The van der Waals surface area contributed by atoms with E-state index in [1.165, 1.54) is 13.4 Å². The summed E-state index contributed by atoms with van der Waals surface area (Å²) >= 11 is 0. The number of ether oxygens (including phenoxy) is 1. The molecular formula is C8H10N4O2. The Balaban J connectivity index is 2.52. The lowest BCUT2D eigenvalue weighted by atomic mass is 10.3. The molecule has 0 aromatic carbocycles. The van der Waals surface area contributed by atoms with Gasteiger partial charge in [0.15, 0.2) is 5.82 Å². The minimum atomic E-state index is -0.0897. The number of hydrogen-bond donors (Lipinski definition) is 1. The number of methoxy groups -OCH3 is 1. The zero-order valence-electron chi connectivity index (χ0n) is 7.94. The van der Waals surface area contributed by atoms with Crippen LogP contribution in [0.4, 0.5) is 11.5 Å². The lowest BCUT2D eigenvalue weighted by molar-refractivity contribution is -0.115. The topological polar surface area (TPSA) is 67.4 Å². The zero-order valence-corrected chi connectivity index (χ0v) is 7.94. The van der Waals surface area contributed by atoms with Crippen molar-refractivity contribution in [2.75, 3.05) is 30.9 Å². The predicted octanol–water partition coefficient (Wildman–Crippen LogP) is -0.127. The summed E-state index contributed by atoms with van der Waals surface area (Å²) in [4.78, 5) is 21.0. The van der Waals surface area contributed by atoms with Crippen molar-refractivity contribution in [2.24, 2.45) is 0 Å². The fourth-order valence-electron chi connectivity index (χ4n) is 1.38. The van der Waals surface area contributed by atoms with E-state index in [1.54, 1.807) is 11.9 Å². The molecule has 0 spiro atoms. The van der Waals surface area contributed by atoms with Crippen molar-refractivity contribution in [2.45, 2.75) is 0 Å². The smallest absolute Gasteiger partial charge is 0.244 e. The molecule has 0 fully saturated rings. The van der Waals surface area contributed by atoms with Crippen LogP contribution >= 0.6 is 0 Å². The van der Waals surface area contributed by atoms with Crippen LogP contribution in [0.1, 0.15) is 0 Å². The summed E-state index contributed by atoms with van der Waals surface area (Å²) in [5.41, 5.74) is 0.536. The first-order valence-corrected chi connectivity index (χ1v) is 4.12. The second kappa shape index (κ2) is 3.13. The van der Waals surface area contributed by atoms with Gasteiger partial charge in [0.1, 0.15) is 12.0 Å². The lowest BCUT2D eigenvalue weighted by Gasteiger charge is -2.26. The van der Waals surface area contributed by atoms with Crippen LogP contribution in [-0.4, -0.2) is 36.6 Å². The van der Waals surface area contributed by atoms with E-state index >= 15 is 0 Å². The Hall–Kier alpha value is -1.85. The third-order valence-corrected chi connectivity index (χ3v) is 1.99. The molecule has 2 heterocycles. The highest BCUT2D eigenvalue weighted by Crippen LogP contribution is 2.32.